The van der Waals surface area contributed by atoms with Crippen LogP contribution < -0.4 is 5.32 Å². The molecule has 144 valence electrons. The average molecular weight is 421 g/mol. The molecule has 0 radical (unpaired) electrons. The van der Waals surface area contributed by atoms with Crippen molar-refractivity contribution in [3.8, 4) is 0 Å². The number of fused-ring (bicyclic) bond motifs is 1. The third-order valence-corrected chi connectivity index (χ3v) is 4.87. The Morgan fingerprint density at radius 2 is 1.64 bits per heavy atom. The minimum absolute atomic E-state index is 0.155. The average Bonchev–Trinajstić information content (AvgIpc) is 2.90. The Morgan fingerprint density at radius 3 is 2.25 bits per heavy atom. The van der Waals surface area contributed by atoms with E-state index in [4.69, 9.17) is 27.9 Å². The lowest BCUT2D eigenvalue weighted by Crippen LogP contribution is -2.38. The first-order valence-corrected chi connectivity index (χ1v) is 8.94. The van der Waals surface area contributed by atoms with Crippen LogP contribution in [0, 0.1) is 0 Å². The molecule has 0 aromatic heterocycles. The Balaban J connectivity index is 1.60. The molecule has 1 unspecified atom stereocenters. The molecule has 28 heavy (non-hydrogen) atoms. The molecule has 2 aromatic carbocycles. The lowest BCUT2D eigenvalue weighted by Gasteiger charge is -2.17. The van der Waals surface area contributed by atoms with Crippen molar-refractivity contribution >= 4 is 52.6 Å². The van der Waals surface area contributed by atoms with Crippen molar-refractivity contribution in [1.82, 2.24) is 4.90 Å². The van der Waals surface area contributed by atoms with Crippen molar-refractivity contribution in [2.45, 2.75) is 13.0 Å². The number of carbonyl (C=O) groups is 4. The maximum Gasteiger partial charge on any atom is 0.326 e. The number of nitrogens with zero attached hydrogens (tertiary/aromatic N) is 1. The predicted octanol–water partition coefficient (Wildman–Crippen LogP) is 3.16. The van der Waals surface area contributed by atoms with E-state index >= 15 is 0 Å². The molecule has 1 aliphatic heterocycles. The normalized spacial score (nSPS) is 13.9. The van der Waals surface area contributed by atoms with Gasteiger partial charge in [0, 0.05) is 0 Å². The Hall–Kier alpha value is -2.90. The zero-order valence-electron chi connectivity index (χ0n) is 14.6. The molecule has 0 saturated carbocycles. The van der Waals surface area contributed by atoms with Gasteiger partial charge in [-0.1, -0.05) is 41.4 Å². The van der Waals surface area contributed by atoms with Crippen molar-refractivity contribution in [3.05, 3.63) is 63.6 Å². The number of carbonyl (C=O) groups excluding carboxylic acids is 4. The number of benzene rings is 2. The first-order chi connectivity index (χ1) is 13.3. The number of esters is 1. The highest BCUT2D eigenvalue weighted by Crippen LogP contribution is 2.29. The second kappa shape index (κ2) is 8.00. The van der Waals surface area contributed by atoms with Crippen LogP contribution in [0.2, 0.25) is 10.0 Å². The molecule has 0 saturated heterocycles. The van der Waals surface area contributed by atoms with Crippen LogP contribution in [0.15, 0.2) is 42.5 Å². The van der Waals surface area contributed by atoms with Gasteiger partial charge in [-0.05, 0) is 31.2 Å². The molecule has 3 amide bonds. The van der Waals surface area contributed by atoms with Gasteiger partial charge in [0.15, 0.2) is 6.10 Å². The smallest absolute Gasteiger partial charge is 0.326 e. The molecule has 3 rings (SSSR count). The van der Waals surface area contributed by atoms with E-state index in [0.717, 1.165) is 4.90 Å². The Labute approximate surface area is 170 Å². The molecule has 1 heterocycles. The molecule has 1 N–H and O–H groups in total. The summed E-state index contributed by atoms with van der Waals surface area (Å²) in [6.45, 7) is 0.760. The number of amides is 3. The summed E-state index contributed by atoms with van der Waals surface area (Å²) in [5.41, 5.74) is 0.714. The van der Waals surface area contributed by atoms with E-state index in [-0.39, 0.29) is 26.9 Å². The van der Waals surface area contributed by atoms with Gasteiger partial charge in [-0.3, -0.25) is 24.1 Å². The topological polar surface area (TPSA) is 92.8 Å². The van der Waals surface area contributed by atoms with Crippen molar-refractivity contribution in [2.75, 3.05) is 11.9 Å². The van der Waals surface area contributed by atoms with E-state index in [1.807, 2.05) is 0 Å². The van der Waals surface area contributed by atoms with E-state index in [1.54, 1.807) is 30.3 Å². The Morgan fingerprint density at radius 1 is 1.04 bits per heavy atom. The first kappa shape index (κ1) is 19.9. The quantitative estimate of drug-likeness (QED) is 0.592. The summed E-state index contributed by atoms with van der Waals surface area (Å²) in [4.78, 5) is 49.7. The van der Waals surface area contributed by atoms with Crippen LogP contribution >= 0.6 is 23.2 Å². The van der Waals surface area contributed by atoms with Gasteiger partial charge < -0.3 is 10.1 Å². The van der Waals surface area contributed by atoms with Gasteiger partial charge in [0.05, 0.1) is 26.9 Å². The number of halogens is 2. The molecule has 9 heteroatoms. The molecule has 0 bridgehead atoms. The van der Waals surface area contributed by atoms with Gasteiger partial charge in [0.2, 0.25) is 0 Å². The van der Waals surface area contributed by atoms with Crippen LogP contribution in [0.25, 0.3) is 0 Å². The second-order valence-electron chi connectivity index (χ2n) is 5.96. The van der Waals surface area contributed by atoms with Crippen molar-refractivity contribution in [2.24, 2.45) is 0 Å². The summed E-state index contributed by atoms with van der Waals surface area (Å²) in [5, 5.41) is 2.92. The number of rotatable bonds is 5. The van der Waals surface area contributed by atoms with E-state index in [9.17, 15) is 19.2 Å². The third kappa shape index (κ3) is 3.85. The minimum Gasteiger partial charge on any atom is -0.451 e. The van der Waals surface area contributed by atoms with E-state index < -0.39 is 36.3 Å². The molecule has 1 atom stereocenters. The molecule has 2 aromatic rings. The second-order valence-corrected chi connectivity index (χ2v) is 6.75. The third-order valence-electron chi connectivity index (χ3n) is 4.05. The highest BCUT2D eigenvalue weighted by atomic mass is 35.5. The van der Waals surface area contributed by atoms with Crippen molar-refractivity contribution in [1.29, 1.82) is 0 Å². The van der Waals surface area contributed by atoms with E-state index in [2.05, 4.69) is 5.32 Å². The van der Waals surface area contributed by atoms with Gasteiger partial charge in [-0.15, -0.1) is 0 Å². The number of hydrogen-bond donors (Lipinski definition) is 1. The maximum atomic E-state index is 12.3. The minimum atomic E-state index is -1.18. The number of imide groups is 1. The van der Waals surface area contributed by atoms with Gasteiger partial charge in [-0.2, -0.15) is 0 Å². The van der Waals surface area contributed by atoms with Crippen LogP contribution in [-0.2, 0) is 14.3 Å². The predicted molar refractivity (Wildman–Crippen MR) is 102 cm³/mol. The summed E-state index contributed by atoms with van der Waals surface area (Å²) in [6.07, 6.45) is -1.18. The van der Waals surface area contributed by atoms with Crippen LogP contribution in [0.4, 0.5) is 5.69 Å². The van der Waals surface area contributed by atoms with Gasteiger partial charge in [-0.25, -0.2) is 0 Å². The number of anilines is 1. The lowest BCUT2D eigenvalue weighted by molar-refractivity contribution is -0.153. The Kier molecular flexibility index (Phi) is 5.67. The maximum absolute atomic E-state index is 12.3. The molecule has 1 aliphatic rings. The van der Waals surface area contributed by atoms with E-state index in [0.29, 0.717) is 0 Å². The molecule has 0 aliphatic carbocycles. The fourth-order valence-electron chi connectivity index (χ4n) is 2.63. The number of hydrogen-bond acceptors (Lipinski definition) is 5. The fourth-order valence-corrected chi connectivity index (χ4v) is 2.98. The molecule has 7 nitrogen and oxygen atoms in total. The molecular weight excluding hydrogens is 407 g/mol. The SMILES string of the molecule is CC(OC(=O)CN1C(=O)c2ccccc2C1=O)C(=O)Nc1cccc(Cl)c1Cl. The standard InChI is InChI=1S/C19H14Cl2N2O5/c1-10(17(25)22-14-8-4-7-13(20)16(14)21)28-15(24)9-23-18(26)11-5-2-3-6-12(11)19(23)27/h2-8,10H,9H2,1H3,(H,22,25). The van der Waals surface area contributed by atoms with Crippen molar-refractivity contribution < 1.29 is 23.9 Å². The zero-order chi connectivity index (χ0) is 20.4. The van der Waals surface area contributed by atoms with Crippen LogP contribution in [0.1, 0.15) is 27.6 Å². The van der Waals surface area contributed by atoms with Gasteiger partial charge >= 0.3 is 5.97 Å². The lowest BCUT2D eigenvalue weighted by atomic mass is 10.1. The highest BCUT2D eigenvalue weighted by Gasteiger charge is 2.37. The molecule has 0 fully saturated rings. The summed E-state index contributed by atoms with van der Waals surface area (Å²) >= 11 is 11.9. The molecule has 0 spiro atoms. The van der Waals surface area contributed by atoms with Crippen LogP contribution in [0.3, 0.4) is 0 Å². The molecular formula is C19H14Cl2N2O5. The fraction of sp³-hybridized carbons (Fsp3) is 0.158. The number of nitrogens with one attached hydrogen (secondary N) is 1. The Bertz CT molecular complexity index is 957. The summed E-state index contributed by atoms with van der Waals surface area (Å²) in [7, 11) is 0. The van der Waals surface area contributed by atoms with Gasteiger partial charge in [0.25, 0.3) is 17.7 Å². The van der Waals surface area contributed by atoms with Crippen LogP contribution in [-0.4, -0.2) is 41.2 Å². The highest BCUT2D eigenvalue weighted by molar-refractivity contribution is 6.44. The van der Waals surface area contributed by atoms with Crippen molar-refractivity contribution in [3.63, 3.8) is 0 Å². The zero-order valence-corrected chi connectivity index (χ0v) is 16.1. The van der Waals surface area contributed by atoms with Gasteiger partial charge in [0.1, 0.15) is 6.54 Å². The van der Waals surface area contributed by atoms with E-state index in [1.165, 1.54) is 19.1 Å². The van der Waals surface area contributed by atoms with Crippen LogP contribution in [0.5, 0.6) is 0 Å². The first-order valence-electron chi connectivity index (χ1n) is 8.19. The number of ether oxygens (including phenoxy) is 1. The monoisotopic (exact) mass is 420 g/mol. The summed E-state index contributed by atoms with van der Waals surface area (Å²) < 4.78 is 5.04. The summed E-state index contributed by atoms with van der Waals surface area (Å²) in [6, 6.07) is 11.0. The summed E-state index contributed by atoms with van der Waals surface area (Å²) in [5.74, 6) is -2.70. The largest absolute Gasteiger partial charge is 0.451 e.